The maximum Gasteiger partial charge on any atom is 0.407 e. The molecule has 0 fully saturated rings. The monoisotopic (exact) mass is 620 g/mol. The smallest absolute Gasteiger partial charge is 0.407 e. The third-order valence-corrected chi connectivity index (χ3v) is 13.3. The van der Waals surface area contributed by atoms with Crippen molar-refractivity contribution in [2.45, 2.75) is 38.8 Å². The molecule has 3 rings (SSSR count). The zero-order chi connectivity index (χ0) is 29.0. The summed E-state index contributed by atoms with van der Waals surface area (Å²) in [6.07, 6.45) is 5.59. The highest BCUT2D eigenvalue weighted by molar-refractivity contribution is 7.30. The molecule has 0 spiro atoms. The van der Waals surface area contributed by atoms with Gasteiger partial charge in [-0.1, -0.05) is 25.9 Å². The molecule has 0 aliphatic carbocycles. The van der Waals surface area contributed by atoms with Crippen molar-refractivity contribution in [2.75, 3.05) is 64.0 Å². The van der Waals surface area contributed by atoms with Gasteiger partial charge in [0.1, 0.15) is 32.4 Å². The molecule has 1 aliphatic heterocycles. The maximum atomic E-state index is 12.0. The second kappa shape index (κ2) is 16.2. The number of fused-ring (bicyclic) bond motifs is 3. The second-order valence-electron chi connectivity index (χ2n) is 9.94. The number of amides is 1. The molecule has 0 bridgehead atoms. The number of nitriles is 2. The van der Waals surface area contributed by atoms with Gasteiger partial charge < -0.3 is 24.4 Å². The van der Waals surface area contributed by atoms with Crippen molar-refractivity contribution in [3.05, 3.63) is 22.6 Å². The fourth-order valence-corrected chi connectivity index (χ4v) is 11.6. The minimum absolute atomic E-state index is 0.119. The number of thiophene rings is 2. The Hall–Kier alpha value is -2.38. The molecular formula is C28H37ClN4O4S2Si. The van der Waals surface area contributed by atoms with E-state index in [2.05, 4.69) is 35.4 Å². The van der Waals surface area contributed by atoms with Crippen LogP contribution < -0.4 is 20.6 Å². The van der Waals surface area contributed by atoms with Crippen LogP contribution in [0.1, 0.15) is 30.6 Å². The van der Waals surface area contributed by atoms with Gasteiger partial charge in [-0.2, -0.15) is 10.5 Å². The highest BCUT2D eigenvalue weighted by Gasteiger charge is 2.41. The van der Waals surface area contributed by atoms with Gasteiger partial charge in [0.2, 0.25) is 0 Å². The van der Waals surface area contributed by atoms with E-state index < -0.39 is 14.2 Å². The van der Waals surface area contributed by atoms with Gasteiger partial charge in [-0.15, -0.1) is 34.3 Å². The quantitative estimate of drug-likeness (QED) is 0.114. The Bertz CT molecular complexity index is 1230. The van der Waals surface area contributed by atoms with Crippen LogP contribution in [0.2, 0.25) is 13.1 Å². The van der Waals surface area contributed by atoms with E-state index in [1.165, 1.54) is 20.1 Å². The van der Waals surface area contributed by atoms with Crippen LogP contribution in [0.15, 0.2) is 17.7 Å². The van der Waals surface area contributed by atoms with E-state index in [1.807, 2.05) is 19.2 Å². The van der Waals surface area contributed by atoms with Gasteiger partial charge in [-0.05, 0) is 41.4 Å². The topological polar surface area (TPSA) is 108 Å². The lowest BCUT2D eigenvalue weighted by atomic mass is 10.2. The summed E-state index contributed by atoms with van der Waals surface area (Å²) in [4.78, 5) is 17.6. The standard InChI is InChI=1S/C28H37ClN4O4S2Si/c1-33(10-13-37-28(34)32-9-12-36-15-14-35-11-7-5-4-6-8-29)25-18-24-27(39-25)26-23(40(24,2)3)17-22(38-26)16-21(19-30)20-31/h16-18H,4-15H2,1-3H3,(H,32,34). The summed E-state index contributed by atoms with van der Waals surface area (Å²) in [5.74, 6) is 0.722. The predicted molar refractivity (Wildman–Crippen MR) is 167 cm³/mol. The number of hydrogen-bond acceptors (Lipinski definition) is 9. The van der Waals surface area contributed by atoms with Crippen LogP contribution in [0.5, 0.6) is 0 Å². The number of hydrogen-bond donors (Lipinski definition) is 1. The van der Waals surface area contributed by atoms with Crippen molar-refractivity contribution in [1.82, 2.24) is 5.32 Å². The SMILES string of the molecule is CN(CCOC(=O)NCCOCCOCCCCCCCl)c1cc2c(s1)-c1sc(C=C(C#N)C#N)cc1[Si]2(C)C. The fourth-order valence-electron chi connectivity index (χ4n) is 4.33. The molecule has 216 valence electrons. The van der Waals surface area contributed by atoms with Gasteiger partial charge in [0.25, 0.3) is 0 Å². The molecule has 1 aliphatic rings. The van der Waals surface area contributed by atoms with E-state index in [9.17, 15) is 4.79 Å². The number of alkyl carbamates (subject to hydrolysis) is 1. The molecule has 0 atom stereocenters. The van der Waals surface area contributed by atoms with Crippen LogP contribution in [0, 0.1) is 22.7 Å². The van der Waals surface area contributed by atoms with Crippen LogP contribution in [-0.4, -0.2) is 73.2 Å². The average Bonchev–Trinajstić information content (AvgIpc) is 3.61. The van der Waals surface area contributed by atoms with Crippen molar-refractivity contribution in [2.24, 2.45) is 0 Å². The Morgan fingerprint density at radius 2 is 1.68 bits per heavy atom. The van der Waals surface area contributed by atoms with Crippen LogP contribution in [0.25, 0.3) is 15.8 Å². The Labute approximate surface area is 251 Å². The zero-order valence-electron chi connectivity index (χ0n) is 23.4. The van der Waals surface area contributed by atoms with E-state index >= 15 is 0 Å². The number of alkyl halides is 1. The minimum atomic E-state index is -1.86. The summed E-state index contributed by atoms with van der Waals surface area (Å²) in [6, 6.07) is 8.30. The van der Waals surface area contributed by atoms with E-state index in [-0.39, 0.29) is 12.2 Å². The maximum absolute atomic E-state index is 12.0. The number of anilines is 1. The van der Waals surface area contributed by atoms with Crippen LogP contribution >= 0.6 is 34.3 Å². The molecule has 2 aromatic heterocycles. The van der Waals surface area contributed by atoms with Gasteiger partial charge >= 0.3 is 6.09 Å². The Balaban J connectivity index is 1.35. The van der Waals surface area contributed by atoms with Crippen molar-refractivity contribution in [3.63, 3.8) is 0 Å². The van der Waals surface area contributed by atoms with Crippen molar-refractivity contribution < 1.29 is 19.0 Å². The largest absolute Gasteiger partial charge is 0.448 e. The third-order valence-electron chi connectivity index (χ3n) is 6.65. The number of unbranched alkanes of at least 4 members (excludes halogenated alkanes) is 3. The number of ether oxygens (including phenoxy) is 3. The Morgan fingerprint density at radius 3 is 2.40 bits per heavy atom. The molecule has 0 aromatic carbocycles. The minimum Gasteiger partial charge on any atom is -0.448 e. The lowest BCUT2D eigenvalue weighted by Gasteiger charge is -2.19. The van der Waals surface area contributed by atoms with Gasteiger partial charge in [0.15, 0.2) is 0 Å². The second-order valence-corrected chi connectivity index (χ2v) is 16.8. The lowest BCUT2D eigenvalue weighted by molar-refractivity contribution is 0.0469. The first-order valence-electron chi connectivity index (χ1n) is 13.5. The van der Waals surface area contributed by atoms with E-state index in [0.717, 1.165) is 48.0 Å². The van der Waals surface area contributed by atoms with Crippen molar-refractivity contribution in [3.8, 4) is 21.9 Å². The molecule has 8 nitrogen and oxygen atoms in total. The number of likely N-dealkylation sites (N-methyl/N-ethyl adjacent to an activating group) is 1. The summed E-state index contributed by atoms with van der Waals surface area (Å²) in [7, 11) is 0.138. The molecular weight excluding hydrogens is 584 g/mol. The van der Waals surface area contributed by atoms with E-state index in [4.69, 9.17) is 36.3 Å². The molecule has 2 aromatic rings. The van der Waals surface area contributed by atoms with Crippen LogP contribution in [0.4, 0.5) is 9.80 Å². The Kier molecular flexibility index (Phi) is 13.0. The molecule has 1 N–H and O–H groups in total. The lowest BCUT2D eigenvalue weighted by Crippen LogP contribution is -2.48. The van der Waals surface area contributed by atoms with Gasteiger partial charge in [0.05, 0.1) is 31.4 Å². The van der Waals surface area contributed by atoms with Crippen LogP contribution in [0.3, 0.4) is 0 Å². The first-order chi connectivity index (χ1) is 19.3. The average molecular weight is 621 g/mol. The predicted octanol–water partition coefficient (Wildman–Crippen LogP) is 5.04. The highest BCUT2D eigenvalue weighted by Crippen LogP contribution is 2.42. The number of nitrogens with one attached hydrogen (secondary N) is 1. The molecule has 3 heterocycles. The van der Waals surface area contributed by atoms with Gasteiger partial charge in [-0.3, -0.25) is 0 Å². The molecule has 0 radical (unpaired) electrons. The van der Waals surface area contributed by atoms with Crippen LogP contribution in [-0.2, 0) is 14.2 Å². The molecule has 12 heteroatoms. The third kappa shape index (κ3) is 8.81. The zero-order valence-corrected chi connectivity index (χ0v) is 26.8. The summed E-state index contributed by atoms with van der Waals surface area (Å²) < 4.78 is 16.4. The van der Waals surface area contributed by atoms with Gasteiger partial charge in [0, 0.05) is 40.7 Å². The summed E-state index contributed by atoms with van der Waals surface area (Å²) >= 11 is 9.04. The molecule has 0 saturated carbocycles. The number of halogens is 1. The molecule has 40 heavy (non-hydrogen) atoms. The number of nitrogens with zero attached hydrogens (tertiary/aromatic N) is 3. The summed E-state index contributed by atoms with van der Waals surface area (Å²) in [5.41, 5.74) is 0.119. The number of allylic oxidation sites excluding steroid dienone is 1. The molecule has 0 unspecified atom stereocenters. The van der Waals surface area contributed by atoms with E-state index in [0.29, 0.717) is 32.9 Å². The Morgan fingerprint density at radius 1 is 1.00 bits per heavy atom. The van der Waals surface area contributed by atoms with Crippen molar-refractivity contribution in [1.29, 1.82) is 10.5 Å². The normalized spacial score (nSPS) is 12.7. The van der Waals surface area contributed by atoms with E-state index in [1.54, 1.807) is 28.7 Å². The molecule has 0 saturated heterocycles. The fraction of sp³-hybridized carbons (Fsp3) is 0.536. The summed E-state index contributed by atoms with van der Waals surface area (Å²) in [5, 5.41) is 24.8. The first-order valence-corrected chi connectivity index (χ1v) is 18.6. The highest BCUT2D eigenvalue weighted by atomic mass is 35.5. The van der Waals surface area contributed by atoms with Crippen molar-refractivity contribution >= 4 is 69.9 Å². The summed E-state index contributed by atoms with van der Waals surface area (Å²) in [6.45, 7) is 8.09. The number of rotatable bonds is 17. The van der Waals surface area contributed by atoms with Gasteiger partial charge in [-0.25, -0.2) is 4.79 Å². The molecule has 1 amide bonds. The first kappa shape index (κ1) is 32.1. The number of carbonyl (C=O) groups excluding carboxylic acids is 1. The number of carbonyl (C=O) groups is 1.